The lowest BCUT2D eigenvalue weighted by Crippen LogP contribution is -2.17. The Morgan fingerprint density at radius 3 is 2.36 bits per heavy atom. The first-order valence-corrected chi connectivity index (χ1v) is 13.1. The molecule has 170 valence electrons. The standard InChI is InChI=1S/C24H22ClN3O3S2/c1-16(2)17-7-11-19(12-8-17)26-23(29)15-32-24-27-21-5-3-4-6-22(21)28(24)33(30,31)20-13-9-18(25)10-14-20/h3-14,16H,15H2,1-2H3,(H,26,29). The number of aromatic nitrogens is 2. The van der Waals surface area contributed by atoms with Crippen molar-refractivity contribution >= 4 is 56.0 Å². The number of benzene rings is 3. The van der Waals surface area contributed by atoms with E-state index in [0.29, 0.717) is 27.7 Å². The van der Waals surface area contributed by atoms with Gasteiger partial charge in [-0.3, -0.25) is 4.79 Å². The maximum atomic E-state index is 13.4. The summed E-state index contributed by atoms with van der Waals surface area (Å²) in [5, 5.41) is 3.51. The number of halogens is 1. The minimum Gasteiger partial charge on any atom is -0.325 e. The molecule has 0 atom stereocenters. The van der Waals surface area contributed by atoms with Gasteiger partial charge in [-0.2, -0.15) is 0 Å². The Morgan fingerprint density at radius 1 is 1.03 bits per heavy atom. The molecular formula is C24H22ClN3O3S2. The Hall–Kier alpha value is -2.81. The van der Waals surface area contributed by atoms with Crippen LogP contribution >= 0.6 is 23.4 Å². The summed E-state index contributed by atoms with van der Waals surface area (Å²) in [5.74, 6) is 0.159. The second-order valence-electron chi connectivity index (χ2n) is 7.72. The van der Waals surface area contributed by atoms with Crippen molar-refractivity contribution in [3.8, 4) is 0 Å². The summed E-state index contributed by atoms with van der Waals surface area (Å²) in [6, 6.07) is 20.6. The minimum absolute atomic E-state index is 0.00535. The lowest BCUT2D eigenvalue weighted by Gasteiger charge is -2.11. The summed E-state index contributed by atoms with van der Waals surface area (Å²) in [6.45, 7) is 4.21. The fourth-order valence-corrected chi connectivity index (χ4v) is 5.94. The SMILES string of the molecule is CC(C)c1ccc(NC(=O)CSc2nc3ccccc3n2S(=O)(=O)c2ccc(Cl)cc2)cc1. The molecular weight excluding hydrogens is 478 g/mol. The number of fused-ring (bicyclic) bond motifs is 1. The molecule has 4 aromatic rings. The van der Waals surface area contributed by atoms with Crippen molar-refractivity contribution in [1.82, 2.24) is 8.96 Å². The van der Waals surface area contributed by atoms with E-state index in [2.05, 4.69) is 24.1 Å². The summed E-state index contributed by atoms with van der Waals surface area (Å²) in [5.41, 5.74) is 2.85. The molecule has 0 saturated carbocycles. The first-order valence-electron chi connectivity index (χ1n) is 10.3. The number of hydrogen-bond acceptors (Lipinski definition) is 5. The lowest BCUT2D eigenvalue weighted by molar-refractivity contribution is -0.113. The smallest absolute Gasteiger partial charge is 0.270 e. The van der Waals surface area contributed by atoms with Gasteiger partial charge < -0.3 is 5.32 Å². The van der Waals surface area contributed by atoms with Gasteiger partial charge in [-0.1, -0.05) is 61.5 Å². The first kappa shape index (κ1) is 23.4. The van der Waals surface area contributed by atoms with Crippen LogP contribution < -0.4 is 5.32 Å². The van der Waals surface area contributed by atoms with Crippen LogP contribution in [0.4, 0.5) is 5.69 Å². The molecule has 1 heterocycles. The maximum Gasteiger partial charge on any atom is 0.270 e. The highest BCUT2D eigenvalue weighted by molar-refractivity contribution is 8.00. The van der Waals surface area contributed by atoms with Gasteiger partial charge in [0.25, 0.3) is 10.0 Å². The molecule has 0 saturated heterocycles. The molecule has 4 rings (SSSR count). The Morgan fingerprint density at radius 2 is 1.70 bits per heavy atom. The Bertz CT molecular complexity index is 1400. The third kappa shape index (κ3) is 5.08. The number of imidazole rings is 1. The van der Waals surface area contributed by atoms with Crippen molar-refractivity contribution in [2.45, 2.75) is 29.8 Å². The molecule has 1 N–H and O–H groups in total. The van der Waals surface area contributed by atoms with Crippen LogP contribution in [0.1, 0.15) is 25.3 Å². The Kier molecular flexibility index (Phi) is 6.78. The molecule has 9 heteroatoms. The van der Waals surface area contributed by atoms with E-state index in [1.54, 1.807) is 24.3 Å². The van der Waals surface area contributed by atoms with E-state index in [4.69, 9.17) is 11.6 Å². The van der Waals surface area contributed by atoms with Crippen LogP contribution in [0.3, 0.4) is 0 Å². The van der Waals surface area contributed by atoms with E-state index in [1.807, 2.05) is 24.3 Å². The zero-order valence-corrected chi connectivity index (χ0v) is 20.4. The first-order chi connectivity index (χ1) is 15.8. The zero-order chi connectivity index (χ0) is 23.6. The lowest BCUT2D eigenvalue weighted by atomic mass is 10.0. The third-order valence-corrected chi connectivity index (χ3v) is 8.06. The van der Waals surface area contributed by atoms with Crippen LogP contribution in [-0.2, 0) is 14.8 Å². The molecule has 0 bridgehead atoms. The molecule has 0 unspecified atom stereocenters. The minimum atomic E-state index is -3.95. The molecule has 6 nitrogen and oxygen atoms in total. The van der Waals surface area contributed by atoms with Crippen molar-refractivity contribution in [2.75, 3.05) is 11.1 Å². The van der Waals surface area contributed by atoms with Gasteiger partial charge in [0.1, 0.15) is 0 Å². The number of hydrogen-bond donors (Lipinski definition) is 1. The van der Waals surface area contributed by atoms with Crippen molar-refractivity contribution in [3.05, 3.63) is 83.4 Å². The van der Waals surface area contributed by atoms with Gasteiger partial charge in [0.2, 0.25) is 5.91 Å². The van der Waals surface area contributed by atoms with E-state index < -0.39 is 10.0 Å². The molecule has 0 aliphatic rings. The van der Waals surface area contributed by atoms with Crippen molar-refractivity contribution < 1.29 is 13.2 Å². The molecule has 0 aliphatic carbocycles. The average molecular weight is 500 g/mol. The number of thioether (sulfide) groups is 1. The second kappa shape index (κ2) is 9.59. The number of amides is 1. The predicted molar refractivity (Wildman–Crippen MR) is 134 cm³/mol. The molecule has 1 aromatic heterocycles. The summed E-state index contributed by atoms with van der Waals surface area (Å²) < 4.78 is 28.0. The third-order valence-electron chi connectivity index (χ3n) is 5.04. The number of nitrogens with one attached hydrogen (secondary N) is 1. The van der Waals surface area contributed by atoms with E-state index in [-0.39, 0.29) is 21.7 Å². The Balaban J connectivity index is 1.59. The van der Waals surface area contributed by atoms with E-state index in [1.165, 1.54) is 33.8 Å². The van der Waals surface area contributed by atoms with E-state index in [0.717, 1.165) is 11.8 Å². The van der Waals surface area contributed by atoms with E-state index >= 15 is 0 Å². The van der Waals surface area contributed by atoms with Crippen molar-refractivity contribution in [2.24, 2.45) is 0 Å². The molecule has 0 radical (unpaired) electrons. The summed E-state index contributed by atoms with van der Waals surface area (Å²) in [4.78, 5) is 17.1. The Labute approximate surface area is 202 Å². The van der Waals surface area contributed by atoms with Gasteiger partial charge >= 0.3 is 0 Å². The molecule has 0 spiro atoms. The second-order valence-corrected chi connectivity index (χ2v) is 10.9. The van der Waals surface area contributed by atoms with Gasteiger partial charge in [-0.25, -0.2) is 17.4 Å². The van der Waals surface area contributed by atoms with E-state index in [9.17, 15) is 13.2 Å². The molecule has 0 fully saturated rings. The van der Waals surface area contributed by atoms with Crippen LogP contribution in [0.5, 0.6) is 0 Å². The largest absolute Gasteiger partial charge is 0.325 e. The van der Waals surface area contributed by atoms with Crippen molar-refractivity contribution in [3.63, 3.8) is 0 Å². The molecule has 33 heavy (non-hydrogen) atoms. The highest BCUT2D eigenvalue weighted by atomic mass is 35.5. The highest BCUT2D eigenvalue weighted by Crippen LogP contribution is 2.29. The van der Waals surface area contributed by atoms with Gasteiger partial charge in [0, 0.05) is 10.7 Å². The van der Waals surface area contributed by atoms with Gasteiger partial charge in [0.15, 0.2) is 5.16 Å². The topological polar surface area (TPSA) is 81.1 Å². The van der Waals surface area contributed by atoms with Gasteiger partial charge in [0.05, 0.1) is 21.7 Å². The summed E-state index contributed by atoms with van der Waals surface area (Å²) >= 11 is 6.99. The zero-order valence-electron chi connectivity index (χ0n) is 18.0. The summed E-state index contributed by atoms with van der Waals surface area (Å²) in [7, 11) is -3.95. The molecule has 1 amide bonds. The predicted octanol–water partition coefficient (Wildman–Crippen LogP) is 5.78. The fraction of sp³-hybridized carbons (Fsp3) is 0.167. The number of anilines is 1. The number of rotatable bonds is 7. The fourth-order valence-electron chi connectivity index (χ4n) is 3.30. The van der Waals surface area contributed by atoms with Gasteiger partial charge in [-0.15, -0.1) is 0 Å². The van der Waals surface area contributed by atoms with Crippen LogP contribution in [0, 0.1) is 0 Å². The summed E-state index contributed by atoms with van der Waals surface area (Å²) in [6.07, 6.45) is 0. The highest BCUT2D eigenvalue weighted by Gasteiger charge is 2.25. The number of nitrogens with zero attached hydrogens (tertiary/aromatic N) is 2. The van der Waals surface area contributed by atoms with Crippen LogP contribution in [0.15, 0.2) is 82.8 Å². The quantitative estimate of drug-likeness (QED) is 0.326. The van der Waals surface area contributed by atoms with Crippen LogP contribution in [0.2, 0.25) is 5.02 Å². The number of para-hydroxylation sites is 2. The van der Waals surface area contributed by atoms with Gasteiger partial charge in [-0.05, 0) is 60.0 Å². The van der Waals surface area contributed by atoms with Crippen LogP contribution in [0.25, 0.3) is 11.0 Å². The average Bonchev–Trinajstić information content (AvgIpc) is 3.17. The van der Waals surface area contributed by atoms with Crippen molar-refractivity contribution in [1.29, 1.82) is 0 Å². The monoisotopic (exact) mass is 499 g/mol. The molecule has 0 aliphatic heterocycles. The van der Waals surface area contributed by atoms with Crippen LogP contribution in [-0.4, -0.2) is 29.0 Å². The number of carbonyl (C=O) groups is 1. The molecule has 3 aromatic carbocycles. The normalized spacial score (nSPS) is 11.8. The maximum absolute atomic E-state index is 13.4. The number of carbonyl (C=O) groups excluding carboxylic acids is 1.